The minimum atomic E-state index is -0.610. The van der Waals surface area contributed by atoms with Crippen molar-refractivity contribution >= 4 is 25.6 Å². The van der Waals surface area contributed by atoms with E-state index in [1.807, 2.05) is 30.3 Å². The third-order valence-corrected chi connectivity index (χ3v) is 2.46. The molecule has 0 bridgehead atoms. The smallest absolute Gasteiger partial charge is 0.433 e. The molecule has 3 nitrogen and oxygen atoms in total. The van der Waals surface area contributed by atoms with E-state index in [2.05, 4.69) is 4.99 Å². The Bertz CT molecular complexity index is 564. The highest BCUT2D eigenvalue weighted by Crippen LogP contribution is 2.01. The monoisotopic (exact) mass is 249 g/mol. The van der Waals surface area contributed by atoms with Crippen molar-refractivity contribution in [2.75, 3.05) is 0 Å². The predicted molar refractivity (Wildman–Crippen MR) is 76.1 cm³/mol. The zero-order valence-electron chi connectivity index (χ0n) is 10.3. The molecule has 2 aromatic rings. The molecule has 0 aliphatic rings. The van der Waals surface area contributed by atoms with Gasteiger partial charge in [0.15, 0.2) is 0 Å². The zero-order valence-corrected chi connectivity index (χ0v) is 10.3. The fraction of sp³-hybridized carbons (Fsp3) is 0.0667. The van der Waals surface area contributed by atoms with Crippen LogP contribution in [0.5, 0.6) is 0 Å². The standard InChI is InChI=1S/C15H12BNO2/c16-14-8-6-12(7-9-14)10-17-15(18)19-11-13-4-2-1-3-5-13/h1-10H,11H2. The van der Waals surface area contributed by atoms with Crippen LogP contribution in [-0.2, 0) is 11.3 Å². The molecular formula is C15H12BNO2. The predicted octanol–water partition coefficient (Wildman–Crippen LogP) is 2.24. The minimum absolute atomic E-state index is 0.221. The zero-order chi connectivity index (χ0) is 13.5. The Morgan fingerprint density at radius 1 is 1.11 bits per heavy atom. The first-order chi connectivity index (χ1) is 9.24. The van der Waals surface area contributed by atoms with Crippen LogP contribution in [0.2, 0.25) is 0 Å². The molecule has 92 valence electrons. The van der Waals surface area contributed by atoms with E-state index in [0.29, 0.717) is 5.46 Å². The van der Waals surface area contributed by atoms with Crippen LogP contribution in [0.1, 0.15) is 11.1 Å². The first-order valence-electron chi connectivity index (χ1n) is 5.84. The van der Waals surface area contributed by atoms with E-state index < -0.39 is 6.09 Å². The fourth-order valence-corrected chi connectivity index (χ4v) is 1.47. The van der Waals surface area contributed by atoms with Crippen molar-refractivity contribution < 1.29 is 9.53 Å². The summed E-state index contributed by atoms with van der Waals surface area (Å²) in [4.78, 5) is 15.1. The summed E-state index contributed by atoms with van der Waals surface area (Å²) in [6.07, 6.45) is 0.841. The van der Waals surface area contributed by atoms with Crippen LogP contribution in [0.3, 0.4) is 0 Å². The first-order valence-corrected chi connectivity index (χ1v) is 5.84. The fourth-order valence-electron chi connectivity index (χ4n) is 1.47. The average molecular weight is 249 g/mol. The van der Waals surface area contributed by atoms with Gasteiger partial charge < -0.3 is 4.74 Å². The van der Waals surface area contributed by atoms with Gasteiger partial charge in [0.1, 0.15) is 14.5 Å². The molecule has 0 aromatic heterocycles. The Balaban J connectivity index is 1.86. The van der Waals surface area contributed by atoms with Gasteiger partial charge in [-0.25, -0.2) is 4.79 Å². The lowest BCUT2D eigenvalue weighted by Gasteiger charge is -2.00. The summed E-state index contributed by atoms with van der Waals surface area (Å²) in [5.74, 6) is 0. The van der Waals surface area contributed by atoms with Gasteiger partial charge >= 0.3 is 6.09 Å². The van der Waals surface area contributed by atoms with E-state index in [4.69, 9.17) is 12.6 Å². The van der Waals surface area contributed by atoms with Crippen molar-refractivity contribution in [2.45, 2.75) is 6.61 Å². The number of ether oxygens (including phenoxy) is 1. The summed E-state index contributed by atoms with van der Waals surface area (Å²) in [6, 6.07) is 16.5. The first kappa shape index (κ1) is 13.1. The molecule has 0 N–H and O–H groups in total. The van der Waals surface area contributed by atoms with Crippen LogP contribution < -0.4 is 5.46 Å². The van der Waals surface area contributed by atoms with Crippen molar-refractivity contribution in [3.63, 3.8) is 0 Å². The van der Waals surface area contributed by atoms with E-state index in [1.54, 1.807) is 24.3 Å². The number of benzene rings is 2. The molecule has 2 aromatic carbocycles. The van der Waals surface area contributed by atoms with E-state index >= 15 is 0 Å². The van der Waals surface area contributed by atoms with Crippen molar-refractivity contribution in [3.05, 3.63) is 65.7 Å². The summed E-state index contributed by atoms with van der Waals surface area (Å²) in [7, 11) is 5.56. The maximum atomic E-state index is 11.4. The molecule has 0 unspecified atom stereocenters. The highest BCUT2D eigenvalue weighted by molar-refractivity contribution is 6.32. The van der Waals surface area contributed by atoms with Gasteiger partial charge in [0, 0.05) is 6.21 Å². The summed E-state index contributed by atoms with van der Waals surface area (Å²) in [5.41, 5.74) is 2.40. The number of amides is 1. The van der Waals surface area contributed by atoms with Crippen molar-refractivity contribution in [1.29, 1.82) is 0 Å². The Labute approximate surface area is 113 Å². The number of carbonyl (C=O) groups excluding carboxylic acids is 1. The molecule has 1 amide bonds. The normalized spacial score (nSPS) is 10.5. The summed E-state index contributed by atoms with van der Waals surface area (Å²) in [6.45, 7) is 0.221. The largest absolute Gasteiger partial charge is 0.443 e. The second kappa shape index (κ2) is 6.54. The van der Waals surface area contributed by atoms with Crippen molar-refractivity contribution in [1.82, 2.24) is 0 Å². The number of rotatable bonds is 3. The minimum Gasteiger partial charge on any atom is -0.443 e. The maximum Gasteiger partial charge on any atom is 0.433 e. The summed E-state index contributed by atoms with van der Waals surface area (Å²) < 4.78 is 5.01. The van der Waals surface area contributed by atoms with Crippen LogP contribution in [0.25, 0.3) is 0 Å². The van der Waals surface area contributed by atoms with Gasteiger partial charge in [-0.15, -0.1) is 0 Å². The number of carbonyl (C=O) groups is 1. The van der Waals surface area contributed by atoms with Crippen LogP contribution in [0.4, 0.5) is 4.79 Å². The highest BCUT2D eigenvalue weighted by atomic mass is 16.5. The summed E-state index contributed by atoms with van der Waals surface area (Å²) in [5, 5.41) is 0. The van der Waals surface area contributed by atoms with Crippen molar-refractivity contribution in [2.24, 2.45) is 4.99 Å². The molecule has 0 aliphatic heterocycles. The number of aliphatic imine (C=N–C) groups is 1. The number of nitrogens with zero attached hydrogens (tertiary/aromatic N) is 1. The molecule has 2 rings (SSSR count). The second-order valence-corrected chi connectivity index (χ2v) is 3.97. The molecule has 0 spiro atoms. The topological polar surface area (TPSA) is 38.7 Å². The number of hydrogen-bond donors (Lipinski definition) is 0. The molecule has 4 heteroatoms. The molecule has 0 aliphatic carbocycles. The van der Waals surface area contributed by atoms with E-state index in [-0.39, 0.29) is 6.61 Å². The maximum absolute atomic E-state index is 11.4. The molecule has 0 fully saturated rings. The quantitative estimate of drug-likeness (QED) is 0.618. The van der Waals surface area contributed by atoms with Crippen LogP contribution in [0.15, 0.2) is 59.6 Å². The molecule has 0 saturated heterocycles. The van der Waals surface area contributed by atoms with Gasteiger partial charge in [-0.05, 0) is 11.1 Å². The molecular weight excluding hydrogens is 237 g/mol. The number of hydrogen-bond acceptors (Lipinski definition) is 2. The lowest BCUT2D eigenvalue weighted by Crippen LogP contribution is -2.02. The third-order valence-electron chi connectivity index (χ3n) is 2.46. The van der Waals surface area contributed by atoms with E-state index in [1.165, 1.54) is 6.21 Å². The molecule has 0 atom stereocenters. The molecule has 0 heterocycles. The Morgan fingerprint density at radius 2 is 1.79 bits per heavy atom. The van der Waals surface area contributed by atoms with Gasteiger partial charge in [-0.2, -0.15) is 4.99 Å². The van der Waals surface area contributed by atoms with Gasteiger partial charge in [-0.3, -0.25) is 0 Å². The van der Waals surface area contributed by atoms with Gasteiger partial charge in [0.05, 0.1) is 0 Å². The van der Waals surface area contributed by atoms with E-state index in [0.717, 1.165) is 11.1 Å². The average Bonchev–Trinajstić information content (AvgIpc) is 2.45. The van der Waals surface area contributed by atoms with Gasteiger partial charge in [0.25, 0.3) is 0 Å². The SMILES string of the molecule is [B]c1ccc(C=NC(=O)OCc2ccccc2)cc1. The van der Waals surface area contributed by atoms with E-state index in [9.17, 15) is 4.79 Å². The lowest BCUT2D eigenvalue weighted by atomic mass is 9.95. The summed E-state index contributed by atoms with van der Waals surface area (Å²) >= 11 is 0. The van der Waals surface area contributed by atoms with Crippen molar-refractivity contribution in [3.8, 4) is 0 Å². The van der Waals surface area contributed by atoms with Crippen LogP contribution in [-0.4, -0.2) is 20.2 Å². The van der Waals surface area contributed by atoms with Crippen LogP contribution in [0, 0.1) is 0 Å². The molecule has 2 radical (unpaired) electrons. The molecule has 19 heavy (non-hydrogen) atoms. The Kier molecular flexibility index (Phi) is 4.51. The van der Waals surface area contributed by atoms with Crippen LogP contribution >= 0.6 is 0 Å². The highest BCUT2D eigenvalue weighted by Gasteiger charge is 1.99. The second-order valence-electron chi connectivity index (χ2n) is 3.97. The lowest BCUT2D eigenvalue weighted by molar-refractivity contribution is 0.151. The Morgan fingerprint density at radius 3 is 2.47 bits per heavy atom. The third kappa shape index (κ3) is 4.43. The Hall–Kier alpha value is -2.36. The molecule has 0 saturated carbocycles. The van der Waals surface area contributed by atoms with Gasteiger partial charge in [0.2, 0.25) is 0 Å². The van der Waals surface area contributed by atoms with Gasteiger partial charge in [-0.1, -0.05) is 60.1 Å².